The summed E-state index contributed by atoms with van der Waals surface area (Å²) >= 11 is 0. The van der Waals surface area contributed by atoms with Crippen molar-refractivity contribution < 1.29 is 79.7 Å². The van der Waals surface area contributed by atoms with E-state index in [9.17, 15) is 79.7 Å². The number of halogens is 17. The molecule has 0 fully saturated rings. The van der Waals surface area contributed by atoms with Crippen LogP contribution in [0.1, 0.15) is 12.5 Å². The summed E-state index contributed by atoms with van der Waals surface area (Å²) in [4.78, 5) is 3.14. The fraction of sp³-hybridized carbons (Fsp3) is 0.667. The van der Waals surface area contributed by atoms with Crippen LogP contribution in [-0.2, 0) is 5.60 Å². The van der Waals surface area contributed by atoms with Crippen molar-refractivity contribution in [2.45, 2.75) is 60.2 Å². The first kappa shape index (κ1) is 30.0. The Kier molecular flexibility index (Phi) is 6.79. The Hall–Kier alpha value is -2.08. The largest absolute Gasteiger partial charge is 0.460 e. The standard InChI is InChI=1S/C15H8F17NO/c1-7(34,6-2-4-33-5-3-6)8(16,17)9(18,19)10(20,21)11(22,23)12(24,25)13(26,27)14(28,29)15(30,31)32/h2-5,34H,1H3. The molecule has 0 aromatic carbocycles. The van der Waals surface area contributed by atoms with Crippen LogP contribution in [0.25, 0.3) is 0 Å². The van der Waals surface area contributed by atoms with E-state index in [1.807, 2.05) is 0 Å². The van der Waals surface area contributed by atoms with Gasteiger partial charge in [0.1, 0.15) is 0 Å². The van der Waals surface area contributed by atoms with Crippen LogP contribution in [-0.4, -0.2) is 57.7 Å². The van der Waals surface area contributed by atoms with Gasteiger partial charge >= 0.3 is 47.6 Å². The highest BCUT2D eigenvalue weighted by molar-refractivity contribution is 5.26. The van der Waals surface area contributed by atoms with Crippen LogP contribution < -0.4 is 0 Å². The second-order valence-electron chi connectivity index (χ2n) is 6.83. The summed E-state index contributed by atoms with van der Waals surface area (Å²) in [5, 5.41) is 9.64. The second-order valence-corrected chi connectivity index (χ2v) is 6.83. The molecular weight excluding hydrogens is 533 g/mol. The molecule has 1 rings (SSSR count). The van der Waals surface area contributed by atoms with E-state index < -0.39 is 65.7 Å². The summed E-state index contributed by atoms with van der Waals surface area (Å²) in [6.45, 7) is -0.435. The van der Waals surface area contributed by atoms with Gasteiger partial charge in [-0.15, -0.1) is 0 Å². The molecule has 1 N–H and O–H groups in total. The first-order valence-corrected chi connectivity index (χ1v) is 7.95. The first-order chi connectivity index (χ1) is 14.6. The van der Waals surface area contributed by atoms with Crippen LogP contribution in [0.4, 0.5) is 74.6 Å². The van der Waals surface area contributed by atoms with E-state index in [1.165, 1.54) is 0 Å². The molecule has 0 aliphatic heterocycles. The van der Waals surface area contributed by atoms with E-state index in [0.29, 0.717) is 12.4 Å². The lowest BCUT2D eigenvalue weighted by Crippen LogP contribution is -2.75. The van der Waals surface area contributed by atoms with Gasteiger partial charge in [0.2, 0.25) is 0 Å². The summed E-state index contributed by atoms with van der Waals surface area (Å²) in [5.74, 6) is -57.7. The van der Waals surface area contributed by atoms with Gasteiger partial charge in [0.05, 0.1) is 0 Å². The van der Waals surface area contributed by atoms with E-state index in [2.05, 4.69) is 4.98 Å². The molecule has 1 heterocycles. The molecule has 1 atom stereocenters. The van der Waals surface area contributed by atoms with Crippen LogP contribution in [0.5, 0.6) is 0 Å². The lowest BCUT2D eigenvalue weighted by Gasteiger charge is -2.45. The van der Waals surface area contributed by atoms with Crippen molar-refractivity contribution in [2.75, 3.05) is 0 Å². The summed E-state index contributed by atoms with van der Waals surface area (Å²) in [5.41, 5.74) is -6.17. The maximum absolute atomic E-state index is 14.2. The smallest absolute Gasteiger partial charge is 0.379 e. The Bertz CT molecular complexity index is 875. The molecule has 1 aromatic heterocycles. The Balaban J connectivity index is 3.76. The highest BCUT2D eigenvalue weighted by Crippen LogP contribution is 2.65. The zero-order valence-electron chi connectivity index (χ0n) is 15.6. The van der Waals surface area contributed by atoms with Crippen molar-refractivity contribution in [3.8, 4) is 0 Å². The average Bonchev–Trinajstić information content (AvgIpc) is 2.66. The fourth-order valence-electron chi connectivity index (χ4n) is 2.33. The van der Waals surface area contributed by atoms with Gasteiger partial charge in [-0.05, 0) is 24.6 Å². The molecule has 0 saturated heterocycles. The molecule has 0 saturated carbocycles. The van der Waals surface area contributed by atoms with Crippen LogP contribution in [0.3, 0.4) is 0 Å². The van der Waals surface area contributed by atoms with Crippen molar-refractivity contribution in [3.05, 3.63) is 30.1 Å². The average molecular weight is 541 g/mol. The van der Waals surface area contributed by atoms with E-state index in [1.54, 1.807) is 0 Å². The lowest BCUT2D eigenvalue weighted by molar-refractivity contribution is -0.467. The van der Waals surface area contributed by atoms with Gasteiger partial charge in [-0.1, -0.05) is 0 Å². The third-order valence-electron chi connectivity index (χ3n) is 4.58. The third kappa shape index (κ3) is 3.55. The van der Waals surface area contributed by atoms with Crippen molar-refractivity contribution in [3.63, 3.8) is 0 Å². The summed E-state index contributed by atoms with van der Waals surface area (Å²) in [6, 6.07) is 0.430. The van der Waals surface area contributed by atoms with Crippen LogP contribution in [0.2, 0.25) is 0 Å². The van der Waals surface area contributed by atoms with Gasteiger partial charge in [0.15, 0.2) is 5.60 Å². The molecule has 2 nitrogen and oxygen atoms in total. The minimum Gasteiger partial charge on any atom is -0.379 e. The molecular formula is C15H8F17NO. The summed E-state index contributed by atoms with van der Waals surface area (Å²) < 4.78 is 226. The minimum atomic E-state index is -8.72. The molecule has 34 heavy (non-hydrogen) atoms. The molecule has 0 bridgehead atoms. The van der Waals surface area contributed by atoms with E-state index >= 15 is 0 Å². The monoisotopic (exact) mass is 541 g/mol. The van der Waals surface area contributed by atoms with Crippen molar-refractivity contribution >= 4 is 0 Å². The predicted octanol–water partition coefficient (Wildman–Crippen LogP) is 6.30. The highest BCUT2D eigenvalue weighted by Gasteiger charge is 2.96. The van der Waals surface area contributed by atoms with Crippen molar-refractivity contribution in [1.82, 2.24) is 4.98 Å². The van der Waals surface area contributed by atoms with Gasteiger partial charge in [-0.25, -0.2) is 0 Å². The molecule has 0 spiro atoms. The fourth-order valence-corrected chi connectivity index (χ4v) is 2.33. The molecule has 1 aromatic rings. The number of pyridine rings is 1. The molecule has 0 aliphatic carbocycles. The van der Waals surface area contributed by atoms with Gasteiger partial charge in [-0.2, -0.15) is 74.6 Å². The van der Waals surface area contributed by atoms with E-state index in [0.717, 1.165) is 0 Å². The summed E-state index contributed by atoms with van der Waals surface area (Å²) in [6.07, 6.45) is -6.90. The molecule has 0 aliphatic rings. The van der Waals surface area contributed by atoms with Crippen molar-refractivity contribution in [2.24, 2.45) is 0 Å². The van der Waals surface area contributed by atoms with Crippen LogP contribution >= 0.6 is 0 Å². The number of hydrogen-bond donors (Lipinski definition) is 1. The number of hydrogen-bond acceptors (Lipinski definition) is 2. The van der Waals surface area contributed by atoms with Gasteiger partial charge in [-0.3, -0.25) is 4.98 Å². The quantitative estimate of drug-likeness (QED) is 0.393. The van der Waals surface area contributed by atoms with Crippen LogP contribution in [0.15, 0.2) is 24.5 Å². The Labute approximate surface area is 176 Å². The summed E-state index contributed by atoms with van der Waals surface area (Å²) in [7, 11) is 0. The third-order valence-corrected chi connectivity index (χ3v) is 4.58. The zero-order valence-corrected chi connectivity index (χ0v) is 15.6. The SMILES string of the molecule is CC(O)(c1ccncc1)C(F)(F)C(F)(F)C(F)(F)C(F)(F)C(F)(F)C(F)(F)C(F)(F)C(F)(F)F. The Morgan fingerprint density at radius 1 is 0.500 bits per heavy atom. The molecule has 1 unspecified atom stereocenters. The number of aromatic nitrogens is 1. The Morgan fingerprint density at radius 2 is 0.765 bits per heavy atom. The number of nitrogens with zero attached hydrogens (tertiary/aromatic N) is 1. The van der Waals surface area contributed by atoms with E-state index in [4.69, 9.17) is 0 Å². The minimum absolute atomic E-state index is 0.215. The molecule has 0 amide bonds. The molecule has 19 heteroatoms. The topological polar surface area (TPSA) is 33.1 Å². The second kappa shape index (κ2) is 7.71. The first-order valence-electron chi connectivity index (χ1n) is 7.95. The van der Waals surface area contributed by atoms with E-state index in [-0.39, 0.29) is 12.1 Å². The maximum atomic E-state index is 14.2. The number of alkyl halides is 17. The molecule has 0 radical (unpaired) electrons. The zero-order chi connectivity index (χ0) is 27.6. The normalized spacial score (nSPS) is 17.5. The number of rotatable bonds is 8. The number of aliphatic hydroxyl groups is 1. The van der Waals surface area contributed by atoms with Crippen LogP contribution in [0, 0.1) is 0 Å². The predicted molar refractivity (Wildman–Crippen MR) is 74.5 cm³/mol. The van der Waals surface area contributed by atoms with Gasteiger partial charge < -0.3 is 5.11 Å². The maximum Gasteiger partial charge on any atom is 0.460 e. The van der Waals surface area contributed by atoms with Gasteiger partial charge in [0.25, 0.3) is 0 Å². The van der Waals surface area contributed by atoms with Gasteiger partial charge in [0, 0.05) is 12.4 Å². The molecule has 198 valence electrons. The highest BCUT2D eigenvalue weighted by atomic mass is 19.4. The van der Waals surface area contributed by atoms with Crippen molar-refractivity contribution in [1.29, 1.82) is 0 Å². The lowest BCUT2D eigenvalue weighted by atomic mass is 9.81. The Morgan fingerprint density at radius 3 is 1.06 bits per heavy atom.